The van der Waals surface area contributed by atoms with E-state index in [9.17, 15) is 4.79 Å². The van der Waals surface area contributed by atoms with E-state index in [-0.39, 0.29) is 10.8 Å². The summed E-state index contributed by atoms with van der Waals surface area (Å²) < 4.78 is 0. The van der Waals surface area contributed by atoms with E-state index in [1.54, 1.807) is 6.07 Å². The highest BCUT2D eigenvalue weighted by atomic mass is 16.1. The Bertz CT molecular complexity index is 677. The predicted molar refractivity (Wildman–Crippen MR) is 88.6 cm³/mol. The van der Waals surface area contributed by atoms with Gasteiger partial charge in [-0.05, 0) is 42.7 Å². The molecule has 0 spiro atoms. The molecule has 1 fully saturated rings. The van der Waals surface area contributed by atoms with E-state index in [0.29, 0.717) is 0 Å². The van der Waals surface area contributed by atoms with Crippen LogP contribution in [0.15, 0.2) is 35.1 Å². The maximum absolute atomic E-state index is 12.2. The number of rotatable bonds is 3. The number of fused-ring (bicyclic) bond motifs is 1. The van der Waals surface area contributed by atoms with Crippen LogP contribution in [0.1, 0.15) is 51.6 Å². The smallest absolute Gasteiger partial charge is 0.189 e. The Labute approximate surface area is 126 Å². The highest BCUT2D eigenvalue weighted by Gasteiger charge is 2.31. The fourth-order valence-electron chi connectivity index (χ4n) is 3.87. The summed E-state index contributed by atoms with van der Waals surface area (Å²) in [5, 5.41) is 0.789. The fourth-order valence-corrected chi connectivity index (χ4v) is 3.87. The molecule has 1 aromatic heterocycles. The molecule has 1 aromatic carbocycles. The van der Waals surface area contributed by atoms with Crippen molar-refractivity contribution in [3.05, 3.63) is 46.2 Å². The summed E-state index contributed by atoms with van der Waals surface area (Å²) >= 11 is 0. The van der Waals surface area contributed by atoms with E-state index >= 15 is 0 Å². The van der Waals surface area contributed by atoms with Crippen LogP contribution in [0.4, 0.5) is 0 Å². The van der Waals surface area contributed by atoms with Gasteiger partial charge in [0.25, 0.3) is 0 Å². The Morgan fingerprint density at radius 1 is 1.14 bits per heavy atom. The van der Waals surface area contributed by atoms with Gasteiger partial charge in [0.1, 0.15) is 0 Å². The van der Waals surface area contributed by atoms with Crippen LogP contribution in [-0.2, 0) is 6.42 Å². The molecule has 1 N–H and O–H groups in total. The average Bonchev–Trinajstić information content (AvgIpc) is 2.48. The Morgan fingerprint density at radius 2 is 1.86 bits per heavy atom. The molecule has 2 aromatic rings. The largest absolute Gasteiger partial charge is 0.358 e. The summed E-state index contributed by atoms with van der Waals surface area (Å²) in [6, 6.07) is 9.59. The summed E-state index contributed by atoms with van der Waals surface area (Å²) in [7, 11) is 0. The van der Waals surface area contributed by atoms with Crippen molar-refractivity contribution < 1.29 is 0 Å². The summed E-state index contributed by atoms with van der Waals surface area (Å²) in [5.41, 5.74) is 2.43. The van der Waals surface area contributed by atoms with Crippen molar-refractivity contribution in [3.8, 4) is 0 Å². The lowest BCUT2D eigenvalue weighted by Crippen LogP contribution is -2.29. The minimum atomic E-state index is 0.138. The van der Waals surface area contributed by atoms with E-state index in [1.165, 1.54) is 32.1 Å². The fraction of sp³-hybridized carbons (Fsp3) is 0.526. The third kappa shape index (κ3) is 3.04. The quantitative estimate of drug-likeness (QED) is 0.871. The third-order valence-electron chi connectivity index (χ3n) is 5.15. The lowest BCUT2D eigenvalue weighted by atomic mass is 9.69. The van der Waals surface area contributed by atoms with Crippen LogP contribution in [-0.4, -0.2) is 4.98 Å². The minimum Gasteiger partial charge on any atom is -0.358 e. The van der Waals surface area contributed by atoms with Crippen LogP contribution in [0.25, 0.3) is 10.9 Å². The van der Waals surface area contributed by atoms with Crippen molar-refractivity contribution in [2.24, 2.45) is 11.3 Å². The van der Waals surface area contributed by atoms with Crippen LogP contribution < -0.4 is 5.43 Å². The molecule has 3 rings (SSSR count). The molecule has 1 aliphatic carbocycles. The van der Waals surface area contributed by atoms with Gasteiger partial charge in [0.2, 0.25) is 0 Å². The highest BCUT2D eigenvalue weighted by molar-refractivity contribution is 5.78. The van der Waals surface area contributed by atoms with Crippen molar-refractivity contribution in [3.63, 3.8) is 0 Å². The molecule has 0 atom stereocenters. The van der Waals surface area contributed by atoms with Gasteiger partial charge in [-0.3, -0.25) is 4.79 Å². The molecule has 0 saturated heterocycles. The van der Waals surface area contributed by atoms with Crippen LogP contribution >= 0.6 is 0 Å². The normalized spacial score (nSPS) is 17.2. The molecule has 0 bridgehead atoms. The zero-order valence-electron chi connectivity index (χ0n) is 13.1. The van der Waals surface area contributed by atoms with E-state index in [4.69, 9.17) is 0 Å². The second kappa shape index (κ2) is 5.67. The molecule has 0 radical (unpaired) electrons. The summed E-state index contributed by atoms with van der Waals surface area (Å²) in [4.78, 5) is 15.7. The number of para-hydroxylation sites is 1. The van der Waals surface area contributed by atoms with Gasteiger partial charge in [0.05, 0.1) is 0 Å². The number of benzene rings is 1. The zero-order chi connectivity index (χ0) is 14.9. The SMILES string of the molecule is CC(C)(Cc1cc(=O)c2ccccc2[nH]1)C1CCCCC1. The summed E-state index contributed by atoms with van der Waals surface area (Å²) in [5.74, 6) is 0.779. The zero-order valence-corrected chi connectivity index (χ0v) is 13.1. The van der Waals surface area contributed by atoms with E-state index in [2.05, 4.69) is 18.8 Å². The van der Waals surface area contributed by atoms with Crippen LogP contribution in [0.3, 0.4) is 0 Å². The molecule has 0 unspecified atom stereocenters. The number of pyridine rings is 1. The van der Waals surface area contributed by atoms with E-state index in [1.807, 2.05) is 24.3 Å². The first-order valence-electron chi connectivity index (χ1n) is 8.17. The van der Waals surface area contributed by atoms with Gasteiger partial charge in [0.15, 0.2) is 5.43 Å². The van der Waals surface area contributed by atoms with Crippen molar-refractivity contribution >= 4 is 10.9 Å². The molecule has 112 valence electrons. The number of hydrogen-bond donors (Lipinski definition) is 1. The average molecular weight is 283 g/mol. The Hall–Kier alpha value is -1.57. The Balaban J connectivity index is 1.88. The van der Waals surface area contributed by atoms with Crippen LogP contribution in [0.5, 0.6) is 0 Å². The molecule has 0 aliphatic heterocycles. The maximum atomic E-state index is 12.2. The lowest BCUT2D eigenvalue weighted by molar-refractivity contribution is 0.156. The Morgan fingerprint density at radius 3 is 2.62 bits per heavy atom. The second-order valence-electron chi connectivity index (χ2n) is 7.20. The number of H-pyrrole nitrogens is 1. The van der Waals surface area contributed by atoms with Gasteiger partial charge in [-0.15, -0.1) is 0 Å². The van der Waals surface area contributed by atoms with Gasteiger partial charge in [-0.2, -0.15) is 0 Å². The van der Waals surface area contributed by atoms with E-state index < -0.39 is 0 Å². The van der Waals surface area contributed by atoms with Crippen LogP contribution in [0, 0.1) is 11.3 Å². The van der Waals surface area contributed by atoms with Crippen molar-refractivity contribution in [2.75, 3.05) is 0 Å². The van der Waals surface area contributed by atoms with Gasteiger partial charge >= 0.3 is 0 Å². The molecule has 21 heavy (non-hydrogen) atoms. The number of aromatic nitrogens is 1. The molecule has 1 aliphatic rings. The molecular formula is C19H25NO. The topological polar surface area (TPSA) is 32.9 Å². The number of aromatic amines is 1. The van der Waals surface area contributed by atoms with Gasteiger partial charge < -0.3 is 4.98 Å². The molecular weight excluding hydrogens is 258 g/mol. The van der Waals surface area contributed by atoms with Crippen molar-refractivity contribution in [2.45, 2.75) is 52.4 Å². The third-order valence-corrected chi connectivity index (χ3v) is 5.15. The summed E-state index contributed by atoms with van der Waals surface area (Å²) in [6.45, 7) is 4.72. The monoisotopic (exact) mass is 283 g/mol. The standard InChI is InChI=1S/C19H25NO/c1-19(2,14-8-4-3-5-9-14)13-15-12-18(21)16-10-6-7-11-17(16)20-15/h6-7,10-12,14H,3-5,8-9,13H2,1-2H3,(H,20,21). The number of hydrogen-bond acceptors (Lipinski definition) is 1. The molecule has 1 heterocycles. The first-order chi connectivity index (χ1) is 10.1. The van der Waals surface area contributed by atoms with Crippen LogP contribution in [0.2, 0.25) is 0 Å². The molecule has 2 heteroatoms. The second-order valence-corrected chi connectivity index (χ2v) is 7.20. The van der Waals surface area contributed by atoms with Gasteiger partial charge in [0, 0.05) is 22.7 Å². The minimum absolute atomic E-state index is 0.138. The summed E-state index contributed by atoms with van der Waals surface area (Å²) in [6.07, 6.45) is 7.75. The lowest BCUT2D eigenvalue weighted by Gasteiger charge is -2.37. The molecule has 2 nitrogen and oxygen atoms in total. The van der Waals surface area contributed by atoms with Crippen molar-refractivity contribution in [1.29, 1.82) is 0 Å². The van der Waals surface area contributed by atoms with Gasteiger partial charge in [-0.25, -0.2) is 0 Å². The molecule has 1 saturated carbocycles. The highest BCUT2D eigenvalue weighted by Crippen LogP contribution is 2.40. The molecule has 0 amide bonds. The first-order valence-corrected chi connectivity index (χ1v) is 8.17. The predicted octanol–water partition coefficient (Wildman–Crippen LogP) is 4.68. The van der Waals surface area contributed by atoms with E-state index in [0.717, 1.165) is 28.9 Å². The van der Waals surface area contributed by atoms with Crippen molar-refractivity contribution in [1.82, 2.24) is 4.98 Å². The maximum Gasteiger partial charge on any atom is 0.189 e. The Kier molecular flexibility index (Phi) is 3.88. The number of nitrogens with one attached hydrogen (secondary N) is 1. The van der Waals surface area contributed by atoms with Gasteiger partial charge in [-0.1, -0.05) is 45.2 Å². The first kappa shape index (κ1) is 14.4.